The molecule has 0 saturated heterocycles. The summed E-state index contributed by atoms with van der Waals surface area (Å²) in [5, 5.41) is 0. The van der Waals surface area contributed by atoms with E-state index in [4.69, 9.17) is 0 Å². The maximum Gasteiger partial charge on any atom is 0.0797 e. The van der Waals surface area contributed by atoms with E-state index in [2.05, 4.69) is 18.8 Å². The van der Waals surface area contributed by atoms with Crippen molar-refractivity contribution in [1.29, 1.82) is 0 Å². The van der Waals surface area contributed by atoms with E-state index >= 15 is 0 Å². The van der Waals surface area contributed by atoms with Gasteiger partial charge in [-0.3, -0.25) is 0 Å². The number of aromatic nitrogens is 1. The molecular weight excluding hydrogens is 178 g/mol. The lowest BCUT2D eigenvalue weighted by atomic mass is 9.71. The van der Waals surface area contributed by atoms with Crippen molar-refractivity contribution in [2.24, 2.45) is 0 Å². The Morgan fingerprint density at radius 1 is 1.46 bits per heavy atom. The number of hydrogen-bond donors (Lipinski definition) is 0. The normalized spacial score (nSPS) is 19.8. The maximum atomic E-state index is 4.57. The van der Waals surface area contributed by atoms with Crippen molar-refractivity contribution in [2.45, 2.75) is 51.4 Å². The van der Waals surface area contributed by atoms with Crippen LogP contribution in [0.2, 0.25) is 0 Å². The predicted octanol–water partition coefficient (Wildman–Crippen LogP) is 3.54. The Kier molecular flexibility index (Phi) is 2.41. The number of hydrogen-bond acceptors (Lipinski definition) is 2. The first-order valence-electron chi connectivity index (χ1n) is 5.25. The van der Waals surface area contributed by atoms with Crippen LogP contribution >= 0.6 is 11.3 Å². The average molecular weight is 195 g/mol. The molecule has 0 aliphatic heterocycles. The van der Waals surface area contributed by atoms with E-state index in [1.54, 1.807) is 4.88 Å². The number of aryl methyl sites for hydroxylation is 1. The molecule has 13 heavy (non-hydrogen) atoms. The third kappa shape index (κ3) is 1.32. The monoisotopic (exact) mass is 195 g/mol. The fourth-order valence-corrected chi connectivity index (χ4v) is 3.45. The molecule has 0 unspecified atom stereocenters. The van der Waals surface area contributed by atoms with Crippen molar-refractivity contribution in [2.75, 3.05) is 0 Å². The Labute approximate surface area is 84.2 Å². The summed E-state index contributed by atoms with van der Waals surface area (Å²) in [5.41, 5.74) is 3.87. The Morgan fingerprint density at radius 3 is 2.92 bits per heavy atom. The first-order chi connectivity index (χ1) is 6.32. The smallest absolute Gasteiger partial charge is 0.0797 e. The molecule has 0 saturated carbocycles. The van der Waals surface area contributed by atoms with E-state index in [1.165, 1.54) is 37.8 Å². The average Bonchev–Trinajstić information content (AvgIpc) is 2.65. The lowest BCUT2D eigenvalue weighted by Gasteiger charge is -2.34. The van der Waals surface area contributed by atoms with Crippen LogP contribution < -0.4 is 0 Å². The molecule has 0 bridgehead atoms. The minimum absolute atomic E-state index is 0.424. The molecule has 0 spiro atoms. The Bertz CT molecular complexity index is 286. The van der Waals surface area contributed by atoms with Crippen molar-refractivity contribution >= 4 is 11.3 Å². The highest BCUT2D eigenvalue weighted by Gasteiger charge is 2.35. The van der Waals surface area contributed by atoms with Crippen LogP contribution in [0, 0.1) is 0 Å². The van der Waals surface area contributed by atoms with Gasteiger partial charge in [0.05, 0.1) is 11.2 Å². The molecule has 0 N–H and O–H groups in total. The molecule has 0 radical (unpaired) electrons. The number of thiazole rings is 1. The van der Waals surface area contributed by atoms with Crippen molar-refractivity contribution < 1.29 is 0 Å². The van der Waals surface area contributed by atoms with E-state index in [9.17, 15) is 0 Å². The summed E-state index contributed by atoms with van der Waals surface area (Å²) in [6, 6.07) is 0. The Balaban J connectivity index is 2.43. The zero-order valence-corrected chi connectivity index (χ0v) is 9.28. The molecule has 72 valence electrons. The molecule has 1 aromatic rings. The van der Waals surface area contributed by atoms with Crippen LogP contribution in [0.1, 0.15) is 50.1 Å². The van der Waals surface area contributed by atoms with Crippen molar-refractivity contribution in [3.05, 3.63) is 16.1 Å². The molecule has 0 aromatic carbocycles. The van der Waals surface area contributed by atoms with Crippen LogP contribution in [0.5, 0.6) is 0 Å². The summed E-state index contributed by atoms with van der Waals surface area (Å²) < 4.78 is 0. The van der Waals surface area contributed by atoms with Gasteiger partial charge in [-0.15, -0.1) is 11.3 Å². The quantitative estimate of drug-likeness (QED) is 0.703. The largest absolute Gasteiger partial charge is 0.249 e. The van der Waals surface area contributed by atoms with Gasteiger partial charge in [-0.2, -0.15) is 0 Å². The third-order valence-electron chi connectivity index (χ3n) is 3.56. The van der Waals surface area contributed by atoms with Crippen LogP contribution in [0.4, 0.5) is 0 Å². The maximum absolute atomic E-state index is 4.57. The van der Waals surface area contributed by atoms with Gasteiger partial charge in [-0.25, -0.2) is 4.98 Å². The van der Waals surface area contributed by atoms with Gasteiger partial charge in [0.15, 0.2) is 0 Å². The summed E-state index contributed by atoms with van der Waals surface area (Å²) in [7, 11) is 0. The lowest BCUT2D eigenvalue weighted by molar-refractivity contribution is 0.329. The van der Waals surface area contributed by atoms with Crippen LogP contribution in [0.25, 0.3) is 0 Å². The predicted molar refractivity (Wildman–Crippen MR) is 57.3 cm³/mol. The third-order valence-corrected chi connectivity index (χ3v) is 4.45. The van der Waals surface area contributed by atoms with Gasteiger partial charge in [-0.05, 0) is 32.1 Å². The number of nitrogens with zero attached hydrogens (tertiary/aromatic N) is 1. The summed E-state index contributed by atoms with van der Waals surface area (Å²) in [6.45, 7) is 4.61. The van der Waals surface area contributed by atoms with Gasteiger partial charge >= 0.3 is 0 Å². The van der Waals surface area contributed by atoms with Gasteiger partial charge in [0, 0.05) is 10.3 Å². The highest BCUT2D eigenvalue weighted by Crippen LogP contribution is 2.42. The van der Waals surface area contributed by atoms with E-state index in [-0.39, 0.29) is 0 Å². The molecule has 2 rings (SSSR count). The zero-order valence-electron chi connectivity index (χ0n) is 8.47. The van der Waals surface area contributed by atoms with Gasteiger partial charge < -0.3 is 0 Å². The topological polar surface area (TPSA) is 12.9 Å². The highest BCUT2D eigenvalue weighted by molar-refractivity contribution is 7.09. The van der Waals surface area contributed by atoms with Gasteiger partial charge in [-0.1, -0.05) is 13.8 Å². The number of fused-ring (bicyclic) bond motifs is 1. The second kappa shape index (κ2) is 3.41. The van der Waals surface area contributed by atoms with Crippen molar-refractivity contribution in [3.8, 4) is 0 Å². The van der Waals surface area contributed by atoms with Crippen LogP contribution in [-0.4, -0.2) is 4.98 Å². The Hall–Kier alpha value is -0.370. The van der Waals surface area contributed by atoms with Gasteiger partial charge in [0.2, 0.25) is 0 Å². The number of rotatable bonds is 2. The summed E-state index contributed by atoms with van der Waals surface area (Å²) in [4.78, 5) is 6.12. The van der Waals surface area contributed by atoms with E-state index in [1.807, 2.05) is 16.8 Å². The second-order valence-electron chi connectivity index (χ2n) is 3.97. The SMILES string of the molecule is CCC1(CC)CCCc2scnc21. The van der Waals surface area contributed by atoms with Crippen LogP contribution in [0.15, 0.2) is 5.51 Å². The Morgan fingerprint density at radius 2 is 2.23 bits per heavy atom. The molecular formula is C11H17NS. The fraction of sp³-hybridized carbons (Fsp3) is 0.727. The first-order valence-corrected chi connectivity index (χ1v) is 6.13. The minimum Gasteiger partial charge on any atom is -0.249 e. The first kappa shape index (κ1) is 9.20. The van der Waals surface area contributed by atoms with Gasteiger partial charge in [0.1, 0.15) is 0 Å². The summed E-state index contributed by atoms with van der Waals surface area (Å²) >= 11 is 1.85. The molecule has 2 heteroatoms. The van der Waals surface area contributed by atoms with Crippen LogP contribution in [-0.2, 0) is 11.8 Å². The molecule has 1 aliphatic carbocycles. The molecule has 1 aromatic heterocycles. The van der Waals surface area contributed by atoms with E-state index in [0.29, 0.717) is 5.41 Å². The summed E-state index contributed by atoms with van der Waals surface area (Å²) in [5.74, 6) is 0. The van der Waals surface area contributed by atoms with Crippen LogP contribution in [0.3, 0.4) is 0 Å². The molecule has 0 atom stereocenters. The van der Waals surface area contributed by atoms with Gasteiger partial charge in [0.25, 0.3) is 0 Å². The lowest BCUT2D eigenvalue weighted by Crippen LogP contribution is -2.29. The molecule has 0 amide bonds. The van der Waals surface area contributed by atoms with Crippen molar-refractivity contribution in [1.82, 2.24) is 4.98 Å². The molecule has 0 fully saturated rings. The van der Waals surface area contributed by atoms with E-state index in [0.717, 1.165) is 0 Å². The standard InChI is InChI=1S/C11H17NS/c1-3-11(4-2)7-5-6-9-10(11)12-8-13-9/h8H,3-7H2,1-2H3. The molecule has 1 heterocycles. The molecule has 1 nitrogen and oxygen atoms in total. The zero-order chi connectivity index (χ0) is 9.31. The van der Waals surface area contributed by atoms with E-state index < -0.39 is 0 Å². The fourth-order valence-electron chi connectivity index (χ4n) is 2.52. The summed E-state index contributed by atoms with van der Waals surface area (Å²) in [6.07, 6.45) is 6.47. The minimum atomic E-state index is 0.424. The highest BCUT2D eigenvalue weighted by atomic mass is 32.1. The van der Waals surface area contributed by atoms with Crippen molar-refractivity contribution in [3.63, 3.8) is 0 Å². The molecule has 1 aliphatic rings. The second-order valence-corrected chi connectivity index (χ2v) is 4.90.